The Kier molecular flexibility index (Phi) is 8.24. The van der Waals surface area contributed by atoms with Crippen molar-refractivity contribution in [1.29, 1.82) is 10.5 Å². The molecule has 0 heterocycles. The zero-order valence-corrected chi connectivity index (χ0v) is 19.4. The monoisotopic (exact) mass is 501 g/mol. The number of rotatable bonds is 8. The van der Waals surface area contributed by atoms with E-state index in [1.165, 1.54) is 13.2 Å². The van der Waals surface area contributed by atoms with Crippen LogP contribution >= 0.6 is 15.9 Å². The second kappa shape index (κ2) is 11.5. The van der Waals surface area contributed by atoms with Crippen molar-refractivity contribution in [1.82, 2.24) is 5.32 Å². The van der Waals surface area contributed by atoms with Gasteiger partial charge in [-0.2, -0.15) is 10.5 Å². The molecule has 0 bridgehead atoms. The van der Waals surface area contributed by atoms with Crippen molar-refractivity contribution in [2.75, 3.05) is 7.11 Å². The molecule has 0 radical (unpaired) electrons. The van der Waals surface area contributed by atoms with E-state index in [1.54, 1.807) is 24.3 Å². The number of benzene rings is 3. The van der Waals surface area contributed by atoms with Crippen LogP contribution in [0.25, 0.3) is 6.08 Å². The molecule has 6 nitrogen and oxygen atoms in total. The first-order valence-electron chi connectivity index (χ1n) is 9.97. The molecule has 0 aliphatic rings. The van der Waals surface area contributed by atoms with Crippen molar-refractivity contribution >= 4 is 27.9 Å². The standard InChI is InChI=1S/C26H20BrN3O3/c1-32-24-13-21(11-22(15-29)26(31)30-16-19-5-3-2-4-6-19)12-23(27)25(24)33-17-20-9-7-18(14-28)8-10-20/h2-13H,16-17H2,1H3,(H,30,31)/b22-11+. The van der Waals surface area contributed by atoms with Crippen molar-refractivity contribution in [3.63, 3.8) is 0 Å². The molecule has 164 valence electrons. The average Bonchev–Trinajstić information content (AvgIpc) is 2.85. The summed E-state index contributed by atoms with van der Waals surface area (Å²) >= 11 is 3.48. The molecule has 3 rings (SSSR count). The minimum absolute atomic E-state index is 0.0221. The predicted molar refractivity (Wildman–Crippen MR) is 128 cm³/mol. The first-order valence-corrected chi connectivity index (χ1v) is 10.8. The van der Waals surface area contributed by atoms with E-state index in [9.17, 15) is 10.1 Å². The van der Waals surface area contributed by atoms with Gasteiger partial charge in [-0.1, -0.05) is 42.5 Å². The van der Waals surface area contributed by atoms with Crippen LogP contribution in [-0.2, 0) is 17.9 Å². The molecule has 7 heteroatoms. The number of halogens is 1. The van der Waals surface area contributed by atoms with Crippen LogP contribution in [0.15, 0.2) is 76.8 Å². The van der Waals surface area contributed by atoms with Crippen molar-refractivity contribution < 1.29 is 14.3 Å². The van der Waals surface area contributed by atoms with Crippen molar-refractivity contribution in [2.24, 2.45) is 0 Å². The third-order valence-corrected chi connectivity index (χ3v) is 5.28. The topological polar surface area (TPSA) is 95.1 Å². The fourth-order valence-corrected chi connectivity index (χ4v) is 3.56. The SMILES string of the molecule is COc1cc(/C=C(\C#N)C(=O)NCc2ccccc2)cc(Br)c1OCc1ccc(C#N)cc1. The number of hydrogen-bond donors (Lipinski definition) is 1. The molecular formula is C26H20BrN3O3. The lowest BCUT2D eigenvalue weighted by molar-refractivity contribution is -0.117. The largest absolute Gasteiger partial charge is 0.493 e. The van der Waals surface area contributed by atoms with E-state index in [2.05, 4.69) is 27.3 Å². The molecule has 0 aromatic heterocycles. The molecule has 0 spiro atoms. The fourth-order valence-electron chi connectivity index (χ4n) is 2.98. The van der Waals surface area contributed by atoms with Gasteiger partial charge in [0, 0.05) is 6.54 Å². The molecular weight excluding hydrogens is 482 g/mol. The number of carbonyl (C=O) groups is 1. The molecule has 3 aromatic carbocycles. The van der Waals surface area contributed by atoms with Crippen LogP contribution in [0.1, 0.15) is 22.3 Å². The van der Waals surface area contributed by atoms with Gasteiger partial charge in [0.25, 0.3) is 5.91 Å². The summed E-state index contributed by atoms with van der Waals surface area (Å²) in [6, 6.07) is 24.0. The highest BCUT2D eigenvalue weighted by Gasteiger charge is 2.14. The fraction of sp³-hybridized carbons (Fsp3) is 0.115. The Morgan fingerprint density at radius 3 is 2.42 bits per heavy atom. The summed E-state index contributed by atoms with van der Waals surface area (Å²) in [6.45, 7) is 0.606. The maximum absolute atomic E-state index is 12.5. The number of nitrogens with zero attached hydrogens (tertiary/aromatic N) is 2. The summed E-state index contributed by atoms with van der Waals surface area (Å²) in [5, 5.41) is 21.1. The maximum Gasteiger partial charge on any atom is 0.262 e. The van der Waals surface area contributed by atoms with Gasteiger partial charge in [-0.15, -0.1) is 0 Å². The van der Waals surface area contributed by atoms with Crippen LogP contribution in [-0.4, -0.2) is 13.0 Å². The summed E-state index contributed by atoms with van der Waals surface area (Å²) in [6.07, 6.45) is 1.50. The van der Waals surface area contributed by atoms with Crippen molar-refractivity contribution in [3.05, 3.63) is 99.0 Å². The second-order valence-corrected chi connectivity index (χ2v) is 7.82. The quantitative estimate of drug-likeness (QED) is 0.340. The van der Waals surface area contributed by atoms with Crippen molar-refractivity contribution in [3.8, 4) is 23.6 Å². The zero-order valence-electron chi connectivity index (χ0n) is 17.8. The third-order valence-electron chi connectivity index (χ3n) is 4.69. The Hall–Kier alpha value is -4.07. The first-order chi connectivity index (χ1) is 16.0. The number of carbonyl (C=O) groups excluding carboxylic acids is 1. The van der Waals surface area contributed by atoms with Crippen LogP contribution in [0.2, 0.25) is 0 Å². The molecule has 0 aliphatic carbocycles. The van der Waals surface area contributed by atoms with Gasteiger partial charge in [-0.05, 0) is 63.0 Å². The van der Waals surface area contributed by atoms with Crippen LogP contribution in [0.5, 0.6) is 11.5 Å². The summed E-state index contributed by atoms with van der Waals surface area (Å²) in [4.78, 5) is 12.5. The molecule has 0 atom stereocenters. The zero-order chi connectivity index (χ0) is 23.6. The van der Waals surface area contributed by atoms with Crippen LogP contribution < -0.4 is 14.8 Å². The minimum Gasteiger partial charge on any atom is -0.493 e. The smallest absolute Gasteiger partial charge is 0.262 e. The lowest BCUT2D eigenvalue weighted by Gasteiger charge is -2.14. The van der Waals surface area contributed by atoms with Gasteiger partial charge in [0.05, 0.1) is 23.2 Å². The Morgan fingerprint density at radius 1 is 1.06 bits per heavy atom. The van der Waals surface area contributed by atoms with E-state index in [1.807, 2.05) is 48.5 Å². The van der Waals surface area contributed by atoms with E-state index in [4.69, 9.17) is 14.7 Å². The molecule has 1 amide bonds. The van der Waals surface area contributed by atoms with Gasteiger partial charge in [0.2, 0.25) is 0 Å². The Balaban J connectivity index is 1.75. The van der Waals surface area contributed by atoms with Gasteiger partial charge in [0.1, 0.15) is 18.2 Å². The highest BCUT2D eigenvalue weighted by molar-refractivity contribution is 9.10. The van der Waals surface area contributed by atoms with E-state index in [0.29, 0.717) is 33.6 Å². The molecule has 0 fully saturated rings. The van der Waals surface area contributed by atoms with Gasteiger partial charge in [-0.3, -0.25) is 4.79 Å². The lowest BCUT2D eigenvalue weighted by Crippen LogP contribution is -2.23. The van der Waals surface area contributed by atoms with Gasteiger partial charge >= 0.3 is 0 Å². The minimum atomic E-state index is -0.461. The summed E-state index contributed by atoms with van der Waals surface area (Å²) in [5.74, 6) is 0.481. The van der Waals surface area contributed by atoms with E-state index < -0.39 is 5.91 Å². The summed E-state index contributed by atoms with van der Waals surface area (Å²) in [7, 11) is 1.52. The molecule has 0 aliphatic heterocycles. The predicted octanol–water partition coefficient (Wildman–Crippen LogP) is 5.13. The molecule has 33 heavy (non-hydrogen) atoms. The lowest BCUT2D eigenvalue weighted by atomic mass is 10.1. The maximum atomic E-state index is 12.5. The highest BCUT2D eigenvalue weighted by atomic mass is 79.9. The van der Waals surface area contributed by atoms with Crippen LogP contribution in [0.3, 0.4) is 0 Å². The number of hydrogen-bond acceptors (Lipinski definition) is 5. The third kappa shape index (κ3) is 6.46. The number of ether oxygens (including phenoxy) is 2. The summed E-state index contributed by atoms with van der Waals surface area (Å²) < 4.78 is 12.0. The van der Waals surface area contributed by atoms with E-state index in [0.717, 1.165) is 11.1 Å². The first kappa shape index (κ1) is 23.6. The summed E-state index contributed by atoms with van der Waals surface area (Å²) in [5.41, 5.74) is 3.00. The average molecular weight is 502 g/mol. The normalized spacial score (nSPS) is 10.6. The number of nitriles is 2. The molecule has 0 unspecified atom stereocenters. The van der Waals surface area contributed by atoms with Crippen LogP contribution in [0, 0.1) is 22.7 Å². The molecule has 1 N–H and O–H groups in total. The van der Waals surface area contributed by atoms with Crippen molar-refractivity contribution in [2.45, 2.75) is 13.2 Å². The Morgan fingerprint density at radius 2 is 1.79 bits per heavy atom. The second-order valence-electron chi connectivity index (χ2n) is 6.97. The molecule has 0 saturated heterocycles. The Labute approximate surface area is 200 Å². The number of amides is 1. The van der Waals surface area contributed by atoms with Crippen LogP contribution in [0.4, 0.5) is 0 Å². The van der Waals surface area contributed by atoms with E-state index >= 15 is 0 Å². The number of nitrogens with one attached hydrogen (secondary N) is 1. The van der Waals surface area contributed by atoms with Gasteiger partial charge in [0.15, 0.2) is 11.5 Å². The van der Waals surface area contributed by atoms with Gasteiger partial charge in [-0.25, -0.2) is 0 Å². The van der Waals surface area contributed by atoms with E-state index in [-0.39, 0.29) is 12.2 Å². The highest BCUT2D eigenvalue weighted by Crippen LogP contribution is 2.37. The molecule has 0 saturated carbocycles. The molecule has 3 aromatic rings. The Bertz CT molecular complexity index is 1240. The number of methoxy groups -OCH3 is 1. The van der Waals surface area contributed by atoms with Gasteiger partial charge < -0.3 is 14.8 Å².